The lowest BCUT2D eigenvalue weighted by Gasteiger charge is -2.18. The van der Waals surface area contributed by atoms with Crippen molar-refractivity contribution in [2.24, 2.45) is 5.92 Å². The molecule has 1 aromatic carbocycles. The Bertz CT molecular complexity index is 1400. The first-order valence-electron chi connectivity index (χ1n) is 11.9. The molecule has 1 aliphatic carbocycles. The molecule has 1 amide bonds. The molecule has 3 aromatic heterocycles. The van der Waals surface area contributed by atoms with Crippen molar-refractivity contribution in [3.63, 3.8) is 0 Å². The highest BCUT2D eigenvalue weighted by atomic mass is 16.6. The first-order chi connectivity index (χ1) is 17.2. The van der Waals surface area contributed by atoms with Gasteiger partial charge in [0.05, 0.1) is 18.5 Å². The summed E-state index contributed by atoms with van der Waals surface area (Å²) in [6.45, 7) is 5.87. The summed E-state index contributed by atoms with van der Waals surface area (Å²) in [7, 11) is 0. The van der Waals surface area contributed by atoms with Crippen LogP contribution in [0.15, 0.2) is 54.9 Å². The van der Waals surface area contributed by atoms with Gasteiger partial charge in [-0.05, 0) is 75.6 Å². The molecule has 1 fully saturated rings. The van der Waals surface area contributed by atoms with Crippen molar-refractivity contribution in [3.05, 3.63) is 60.4 Å². The maximum Gasteiger partial charge on any atom is 0.435 e. The van der Waals surface area contributed by atoms with Crippen LogP contribution in [0.3, 0.4) is 0 Å². The van der Waals surface area contributed by atoms with Gasteiger partial charge in [-0.1, -0.05) is 6.07 Å². The number of fused-ring (bicyclic) bond motifs is 1. The second-order valence-corrected chi connectivity index (χ2v) is 9.78. The Morgan fingerprint density at radius 1 is 1.11 bits per heavy atom. The maximum atomic E-state index is 12.1. The van der Waals surface area contributed by atoms with Crippen LogP contribution < -0.4 is 10.1 Å². The largest absolute Gasteiger partial charge is 0.493 e. The van der Waals surface area contributed by atoms with Crippen molar-refractivity contribution < 1.29 is 19.1 Å². The van der Waals surface area contributed by atoms with E-state index in [0.29, 0.717) is 24.6 Å². The molecule has 3 heterocycles. The number of amides is 1. The number of nitrogens with zero attached hydrogens (tertiary/aromatic N) is 5. The second-order valence-electron chi connectivity index (χ2n) is 9.78. The summed E-state index contributed by atoms with van der Waals surface area (Å²) in [5.41, 5.74) is 2.75. The highest BCUT2D eigenvalue weighted by molar-refractivity contribution is 5.92. The third-order valence-corrected chi connectivity index (χ3v) is 5.57. The predicted molar refractivity (Wildman–Crippen MR) is 133 cm³/mol. The first kappa shape index (κ1) is 23.5. The van der Waals surface area contributed by atoms with Gasteiger partial charge in [0, 0.05) is 24.1 Å². The Morgan fingerprint density at radius 2 is 1.89 bits per heavy atom. The highest BCUT2D eigenvalue weighted by Gasteiger charge is 2.30. The molecule has 0 saturated heterocycles. The van der Waals surface area contributed by atoms with E-state index in [9.17, 15) is 9.59 Å². The SMILES string of the molecule is CC(C)(C)OC(=O)n1cc(CCOc2ccc(-c3cccc4nc(NC(=O)C5CC5)nn34)cc2)cn1. The van der Waals surface area contributed by atoms with Gasteiger partial charge in [-0.15, -0.1) is 5.10 Å². The average molecular weight is 489 g/mol. The minimum absolute atomic E-state index is 0.0221. The molecule has 10 heteroatoms. The van der Waals surface area contributed by atoms with E-state index in [0.717, 1.165) is 35.4 Å². The Labute approximate surface area is 208 Å². The number of benzene rings is 1. The zero-order chi connectivity index (χ0) is 25.3. The van der Waals surface area contributed by atoms with Gasteiger partial charge < -0.3 is 9.47 Å². The summed E-state index contributed by atoms with van der Waals surface area (Å²) in [4.78, 5) is 28.6. The molecule has 0 aliphatic heterocycles. The number of pyridine rings is 1. The molecule has 5 rings (SSSR count). The van der Waals surface area contributed by atoms with Gasteiger partial charge in [-0.3, -0.25) is 10.1 Å². The summed E-state index contributed by atoms with van der Waals surface area (Å²) in [6.07, 6.45) is 5.23. The van der Waals surface area contributed by atoms with Crippen LogP contribution in [0.2, 0.25) is 0 Å². The molecular formula is C26H28N6O4. The number of carbonyl (C=O) groups is 2. The molecule has 186 valence electrons. The molecule has 4 aromatic rings. The van der Waals surface area contributed by atoms with Gasteiger partial charge in [0.2, 0.25) is 11.9 Å². The number of aromatic nitrogens is 5. The molecular weight excluding hydrogens is 460 g/mol. The number of hydrogen-bond donors (Lipinski definition) is 1. The van der Waals surface area contributed by atoms with Crippen molar-refractivity contribution >= 4 is 23.6 Å². The van der Waals surface area contributed by atoms with Crippen molar-refractivity contribution in [1.82, 2.24) is 24.4 Å². The quantitative estimate of drug-likeness (QED) is 0.412. The summed E-state index contributed by atoms with van der Waals surface area (Å²) in [5.74, 6) is 1.10. The van der Waals surface area contributed by atoms with Crippen LogP contribution >= 0.6 is 0 Å². The molecule has 0 bridgehead atoms. The maximum absolute atomic E-state index is 12.1. The number of rotatable bonds is 7. The summed E-state index contributed by atoms with van der Waals surface area (Å²) in [5, 5.41) is 11.4. The van der Waals surface area contributed by atoms with E-state index >= 15 is 0 Å². The standard InChI is InChI=1S/C26H28N6O4/c1-26(2,3)36-25(34)31-16-17(15-27-31)13-14-35-20-11-9-18(10-12-20)21-5-4-6-22-28-24(30-32(21)22)29-23(33)19-7-8-19/h4-6,9-12,15-16,19H,7-8,13-14H2,1-3H3,(H,29,30,33). The van der Waals surface area contributed by atoms with Gasteiger partial charge >= 0.3 is 6.09 Å². The zero-order valence-electron chi connectivity index (χ0n) is 20.5. The van der Waals surface area contributed by atoms with Crippen LogP contribution in [-0.2, 0) is 16.0 Å². The molecule has 0 spiro atoms. The van der Waals surface area contributed by atoms with Gasteiger partial charge in [0.15, 0.2) is 5.65 Å². The van der Waals surface area contributed by atoms with Gasteiger partial charge in [0.25, 0.3) is 0 Å². The lowest BCUT2D eigenvalue weighted by molar-refractivity contribution is -0.117. The Balaban J connectivity index is 1.20. The van der Waals surface area contributed by atoms with E-state index in [1.54, 1.807) is 16.9 Å². The molecule has 36 heavy (non-hydrogen) atoms. The molecule has 1 aliphatic rings. The molecule has 0 unspecified atom stereocenters. The van der Waals surface area contributed by atoms with E-state index in [2.05, 4.69) is 20.5 Å². The minimum Gasteiger partial charge on any atom is -0.493 e. The fraction of sp³-hybridized carbons (Fsp3) is 0.346. The van der Waals surface area contributed by atoms with Gasteiger partial charge in [-0.25, -0.2) is 9.31 Å². The predicted octanol–water partition coefficient (Wildman–Crippen LogP) is 4.35. The van der Waals surface area contributed by atoms with Crippen LogP contribution in [0.5, 0.6) is 5.75 Å². The fourth-order valence-corrected chi connectivity index (χ4v) is 3.64. The zero-order valence-corrected chi connectivity index (χ0v) is 20.5. The molecule has 1 N–H and O–H groups in total. The number of ether oxygens (including phenoxy) is 2. The Hall–Kier alpha value is -4.21. The van der Waals surface area contributed by atoms with Gasteiger partial charge in [0.1, 0.15) is 11.4 Å². The number of nitrogens with one attached hydrogen (secondary N) is 1. The van der Waals surface area contributed by atoms with Crippen molar-refractivity contribution in [1.29, 1.82) is 0 Å². The first-order valence-corrected chi connectivity index (χ1v) is 11.9. The van der Waals surface area contributed by atoms with E-state index < -0.39 is 11.7 Å². The van der Waals surface area contributed by atoms with E-state index in [4.69, 9.17) is 9.47 Å². The summed E-state index contributed by atoms with van der Waals surface area (Å²) < 4.78 is 14.1. The lowest BCUT2D eigenvalue weighted by Crippen LogP contribution is -2.27. The topological polar surface area (TPSA) is 113 Å². The number of carbonyl (C=O) groups excluding carboxylic acids is 2. The van der Waals surface area contributed by atoms with E-state index in [1.165, 1.54) is 4.68 Å². The van der Waals surface area contributed by atoms with Crippen LogP contribution in [0.25, 0.3) is 16.9 Å². The van der Waals surface area contributed by atoms with Crippen molar-refractivity contribution in [2.45, 2.75) is 45.6 Å². The number of hydrogen-bond acceptors (Lipinski definition) is 7. The Kier molecular flexibility index (Phi) is 6.17. The molecule has 0 atom stereocenters. The smallest absolute Gasteiger partial charge is 0.435 e. The van der Waals surface area contributed by atoms with Crippen molar-refractivity contribution in [3.8, 4) is 17.0 Å². The monoisotopic (exact) mass is 488 g/mol. The summed E-state index contributed by atoms with van der Waals surface area (Å²) >= 11 is 0. The number of anilines is 1. The third-order valence-electron chi connectivity index (χ3n) is 5.57. The average Bonchev–Trinajstić information content (AvgIpc) is 3.44. The van der Waals surface area contributed by atoms with Crippen LogP contribution in [0.1, 0.15) is 39.2 Å². The molecule has 10 nitrogen and oxygen atoms in total. The van der Waals surface area contributed by atoms with E-state index in [-0.39, 0.29) is 11.8 Å². The van der Waals surface area contributed by atoms with Gasteiger partial charge in [-0.2, -0.15) is 14.8 Å². The van der Waals surface area contributed by atoms with Crippen LogP contribution in [0.4, 0.5) is 10.7 Å². The minimum atomic E-state index is -0.577. The Morgan fingerprint density at radius 3 is 2.61 bits per heavy atom. The fourth-order valence-electron chi connectivity index (χ4n) is 3.64. The van der Waals surface area contributed by atoms with E-state index in [1.807, 2.05) is 63.2 Å². The van der Waals surface area contributed by atoms with Crippen LogP contribution in [-0.4, -0.2) is 48.6 Å². The lowest BCUT2D eigenvalue weighted by atomic mass is 10.1. The molecule has 0 radical (unpaired) electrons. The van der Waals surface area contributed by atoms with Crippen molar-refractivity contribution in [2.75, 3.05) is 11.9 Å². The third kappa shape index (κ3) is 5.54. The molecule has 1 saturated carbocycles. The van der Waals surface area contributed by atoms with Crippen LogP contribution in [0, 0.1) is 5.92 Å². The second kappa shape index (κ2) is 9.44. The summed E-state index contributed by atoms with van der Waals surface area (Å²) in [6, 6.07) is 13.4. The normalized spacial score (nSPS) is 13.5. The highest BCUT2D eigenvalue weighted by Crippen LogP contribution is 2.30.